The van der Waals surface area contributed by atoms with Crippen LogP contribution in [0.5, 0.6) is 5.75 Å². The number of aromatic nitrogens is 1. The van der Waals surface area contributed by atoms with Gasteiger partial charge in [-0.3, -0.25) is 4.79 Å². The number of nitrogens with zero attached hydrogens (tertiary/aromatic N) is 1. The average Bonchev–Trinajstić information content (AvgIpc) is 2.92. The van der Waals surface area contributed by atoms with Crippen LogP contribution in [0.4, 0.5) is 0 Å². The number of esters is 1. The van der Waals surface area contributed by atoms with E-state index in [9.17, 15) is 9.59 Å². The standard InChI is InChI=1S/C18H23NO4/c1-4-6-9-23-18(21)13(3)19-11-14(12-20)16-10-15(22-5-2)7-8-17(16)19/h7-8,10-13H,4-6,9H2,1-3H3. The number of carbonyl (C=O) groups is 2. The molecule has 1 heterocycles. The summed E-state index contributed by atoms with van der Waals surface area (Å²) in [5.41, 5.74) is 1.35. The van der Waals surface area contributed by atoms with Gasteiger partial charge >= 0.3 is 5.97 Å². The van der Waals surface area contributed by atoms with Gasteiger partial charge in [0.2, 0.25) is 0 Å². The first kappa shape index (κ1) is 17.1. The van der Waals surface area contributed by atoms with Gasteiger partial charge in [0.05, 0.1) is 13.2 Å². The van der Waals surface area contributed by atoms with Crippen LogP contribution in [-0.2, 0) is 9.53 Å². The van der Waals surface area contributed by atoms with Gasteiger partial charge in [-0.05, 0) is 38.5 Å². The Morgan fingerprint density at radius 1 is 1.35 bits per heavy atom. The van der Waals surface area contributed by atoms with Crippen molar-refractivity contribution < 1.29 is 19.1 Å². The third kappa shape index (κ3) is 3.73. The van der Waals surface area contributed by atoms with Crippen molar-refractivity contribution in [3.05, 3.63) is 30.0 Å². The first-order chi connectivity index (χ1) is 11.1. The van der Waals surface area contributed by atoms with Crippen molar-refractivity contribution in [2.75, 3.05) is 13.2 Å². The second kappa shape index (κ2) is 7.81. The first-order valence-corrected chi connectivity index (χ1v) is 8.01. The van der Waals surface area contributed by atoms with Gasteiger partial charge in [0.1, 0.15) is 11.8 Å². The Hall–Kier alpha value is -2.30. The fourth-order valence-corrected chi connectivity index (χ4v) is 2.48. The molecular formula is C18H23NO4. The van der Waals surface area contributed by atoms with E-state index in [1.165, 1.54) is 0 Å². The Morgan fingerprint density at radius 3 is 2.78 bits per heavy atom. The fraction of sp³-hybridized carbons (Fsp3) is 0.444. The number of hydrogen-bond acceptors (Lipinski definition) is 4. The maximum Gasteiger partial charge on any atom is 0.328 e. The van der Waals surface area contributed by atoms with Crippen molar-refractivity contribution in [3.63, 3.8) is 0 Å². The summed E-state index contributed by atoms with van der Waals surface area (Å²) in [5, 5.41) is 0.777. The molecule has 23 heavy (non-hydrogen) atoms. The minimum Gasteiger partial charge on any atom is -0.494 e. The second-order valence-electron chi connectivity index (χ2n) is 5.42. The van der Waals surface area contributed by atoms with E-state index in [1.54, 1.807) is 17.7 Å². The summed E-state index contributed by atoms with van der Waals surface area (Å²) in [6.45, 7) is 6.71. The Bertz CT molecular complexity index is 690. The van der Waals surface area contributed by atoms with Crippen molar-refractivity contribution in [1.29, 1.82) is 0 Å². The van der Waals surface area contributed by atoms with Gasteiger partial charge in [-0.1, -0.05) is 13.3 Å². The molecule has 0 bridgehead atoms. The monoisotopic (exact) mass is 317 g/mol. The molecule has 0 aliphatic rings. The molecule has 0 saturated heterocycles. The van der Waals surface area contributed by atoms with Crippen molar-refractivity contribution in [1.82, 2.24) is 4.57 Å². The van der Waals surface area contributed by atoms with Crippen molar-refractivity contribution >= 4 is 23.2 Å². The van der Waals surface area contributed by atoms with Crippen molar-refractivity contribution in [2.24, 2.45) is 0 Å². The molecule has 0 saturated carbocycles. The second-order valence-corrected chi connectivity index (χ2v) is 5.42. The topological polar surface area (TPSA) is 57.5 Å². The van der Waals surface area contributed by atoms with E-state index < -0.39 is 6.04 Å². The highest BCUT2D eigenvalue weighted by Crippen LogP contribution is 2.28. The first-order valence-electron chi connectivity index (χ1n) is 8.01. The van der Waals surface area contributed by atoms with Gasteiger partial charge < -0.3 is 14.0 Å². The van der Waals surface area contributed by atoms with Crippen LogP contribution in [0.2, 0.25) is 0 Å². The number of aldehydes is 1. The van der Waals surface area contributed by atoms with Crippen LogP contribution < -0.4 is 4.74 Å². The number of unbranched alkanes of at least 4 members (excludes halogenated alkanes) is 1. The van der Waals surface area contributed by atoms with Crippen LogP contribution in [0.15, 0.2) is 24.4 Å². The molecule has 1 unspecified atom stereocenters. The minimum absolute atomic E-state index is 0.290. The average molecular weight is 317 g/mol. The molecule has 0 radical (unpaired) electrons. The third-order valence-electron chi connectivity index (χ3n) is 3.77. The lowest BCUT2D eigenvalue weighted by Crippen LogP contribution is -2.19. The number of benzene rings is 1. The maximum atomic E-state index is 12.2. The molecule has 0 fully saturated rings. The largest absolute Gasteiger partial charge is 0.494 e. The predicted octanol–water partition coefficient (Wildman–Crippen LogP) is 3.76. The molecule has 0 aliphatic heterocycles. The zero-order chi connectivity index (χ0) is 16.8. The smallest absolute Gasteiger partial charge is 0.328 e. The minimum atomic E-state index is -0.485. The van der Waals surface area contributed by atoms with E-state index in [0.29, 0.717) is 24.5 Å². The Kier molecular flexibility index (Phi) is 5.79. The van der Waals surface area contributed by atoms with Gasteiger partial charge in [0.25, 0.3) is 0 Å². The van der Waals surface area contributed by atoms with Crippen LogP contribution in [0.25, 0.3) is 10.9 Å². The molecule has 1 aromatic heterocycles. The van der Waals surface area contributed by atoms with E-state index in [2.05, 4.69) is 0 Å². The Balaban J connectivity index is 2.33. The van der Waals surface area contributed by atoms with E-state index in [1.807, 2.05) is 32.0 Å². The molecule has 124 valence electrons. The summed E-state index contributed by atoms with van der Waals surface area (Å²) in [4.78, 5) is 23.5. The van der Waals surface area contributed by atoms with Crippen LogP contribution in [-0.4, -0.2) is 30.0 Å². The zero-order valence-corrected chi connectivity index (χ0v) is 13.9. The van der Waals surface area contributed by atoms with Crippen LogP contribution >= 0.6 is 0 Å². The summed E-state index contributed by atoms with van der Waals surface area (Å²) >= 11 is 0. The van der Waals surface area contributed by atoms with E-state index in [4.69, 9.17) is 9.47 Å². The molecule has 5 heteroatoms. The molecule has 2 aromatic rings. The third-order valence-corrected chi connectivity index (χ3v) is 3.77. The molecule has 5 nitrogen and oxygen atoms in total. The summed E-state index contributed by atoms with van der Waals surface area (Å²) in [5.74, 6) is 0.417. The van der Waals surface area contributed by atoms with Crippen molar-refractivity contribution in [2.45, 2.75) is 39.7 Å². The number of ether oxygens (including phenoxy) is 2. The lowest BCUT2D eigenvalue weighted by molar-refractivity contribution is -0.147. The molecule has 0 N–H and O–H groups in total. The highest BCUT2D eigenvalue weighted by Gasteiger charge is 2.20. The molecule has 0 spiro atoms. The summed E-state index contributed by atoms with van der Waals surface area (Å²) in [6, 6.07) is 5.05. The normalized spacial score (nSPS) is 12.1. The van der Waals surface area contributed by atoms with E-state index in [0.717, 1.165) is 30.0 Å². The van der Waals surface area contributed by atoms with Gasteiger partial charge in [0.15, 0.2) is 6.29 Å². The van der Waals surface area contributed by atoms with E-state index in [-0.39, 0.29) is 5.97 Å². The van der Waals surface area contributed by atoms with E-state index >= 15 is 0 Å². The fourth-order valence-electron chi connectivity index (χ4n) is 2.48. The molecule has 1 atom stereocenters. The Morgan fingerprint density at radius 2 is 2.13 bits per heavy atom. The highest BCUT2D eigenvalue weighted by atomic mass is 16.5. The molecule has 1 aromatic carbocycles. The number of hydrogen-bond donors (Lipinski definition) is 0. The highest BCUT2D eigenvalue weighted by molar-refractivity contribution is 5.99. The summed E-state index contributed by atoms with van der Waals surface area (Å²) < 4.78 is 12.5. The number of carbonyl (C=O) groups excluding carboxylic acids is 2. The molecule has 2 rings (SSSR count). The molecule has 0 aliphatic carbocycles. The molecular weight excluding hydrogens is 294 g/mol. The SMILES string of the molecule is CCCCOC(=O)C(C)n1cc(C=O)c2cc(OCC)ccc21. The summed E-state index contributed by atoms with van der Waals surface area (Å²) in [7, 11) is 0. The van der Waals surface area contributed by atoms with Gasteiger partial charge in [-0.2, -0.15) is 0 Å². The number of rotatable bonds is 8. The van der Waals surface area contributed by atoms with Crippen LogP contribution in [0, 0.1) is 0 Å². The van der Waals surface area contributed by atoms with Crippen molar-refractivity contribution in [3.8, 4) is 5.75 Å². The van der Waals surface area contributed by atoms with Crippen LogP contribution in [0.1, 0.15) is 50.0 Å². The summed E-state index contributed by atoms with van der Waals surface area (Å²) in [6.07, 6.45) is 4.31. The quantitative estimate of drug-likeness (QED) is 0.422. The van der Waals surface area contributed by atoms with Gasteiger partial charge in [0, 0.05) is 22.7 Å². The number of fused-ring (bicyclic) bond motifs is 1. The van der Waals surface area contributed by atoms with Gasteiger partial charge in [-0.25, -0.2) is 4.79 Å². The molecule has 0 amide bonds. The van der Waals surface area contributed by atoms with Crippen LogP contribution in [0.3, 0.4) is 0 Å². The zero-order valence-electron chi connectivity index (χ0n) is 13.9. The van der Waals surface area contributed by atoms with Gasteiger partial charge in [-0.15, -0.1) is 0 Å². The lowest BCUT2D eigenvalue weighted by Gasteiger charge is -2.14. The lowest BCUT2D eigenvalue weighted by atomic mass is 10.2. The maximum absolute atomic E-state index is 12.2. The predicted molar refractivity (Wildman–Crippen MR) is 89.1 cm³/mol. The Labute approximate surface area is 136 Å².